The first-order chi connectivity index (χ1) is 6.27. The SMILES string of the molecule is C=C(C)CB1C2CCCC1CCC2. The van der Waals surface area contributed by atoms with E-state index in [1.54, 1.807) is 0 Å². The third-order valence-corrected chi connectivity index (χ3v) is 4.09. The molecule has 2 heterocycles. The Labute approximate surface area is 82.9 Å². The van der Waals surface area contributed by atoms with Crippen LogP contribution in [0.3, 0.4) is 0 Å². The summed E-state index contributed by atoms with van der Waals surface area (Å²) in [5.41, 5.74) is 1.41. The molecular weight excluding hydrogens is 155 g/mol. The smallest absolute Gasteiger partial charge is 0.101 e. The topological polar surface area (TPSA) is 0 Å². The van der Waals surface area contributed by atoms with E-state index in [9.17, 15) is 0 Å². The number of hydrogen-bond acceptors (Lipinski definition) is 0. The van der Waals surface area contributed by atoms with Crippen molar-refractivity contribution in [3.8, 4) is 0 Å². The monoisotopic (exact) mass is 176 g/mol. The van der Waals surface area contributed by atoms with Crippen LogP contribution >= 0.6 is 0 Å². The summed E-state index contributed by atoms with van der Waals surface area (Å²) in [7, 11) is 0. The van der Waals surface area contributed by atoms with Crippen LogP contribution in [-0.4, -0.2) is 6.71 Å². The molecule has 2 aliphatic rings. The standard InChI is InChI=1S/C12H21B/c1-10(2)9-13-11-5-3-6-12(13)8-4-7-11/h11-12H,1,3-9H2,2H3. The van der Waals surface area contributed by atoms with Gasteiger partial charge in [-0.25, -0.2) is 0 Å². The molecule has 2 fully saturated rings. The third-order valence-electron chi connectivity index (χ3n) is 4.09. The molecule has 0 radical (unpaired) electrons. The lowest BCUT2D eigenvalue weighted by Gasteiger charge is -2.40. The van der Waals surface area contributed by atoms with Crippen molar-refractivity contribution >= 4 is 6.71 Å². The summed E-state index contributed by atoms with van der Waals surface area (Å²) >= 11 is 0. The van der Waals surface area contributed by atoms with Gasteiger partial charge in [0.2, 0.25) is 0 Å². The zero-order chi connectivity index (χ0) is 9.26. The van der Waals surface area contributed by atoms with Crippen molar-refractivity contribution in [3.63, 3.8) is 0 Å². The average Bonchev–Trinajstić information content (AvgIpc) is 2.02. The Morgan fingerprint density at radius 3 is 2.00 bits per heavy atom. The molecule has 0 spiro atoms. The molecule has 1 heteroatoms. The zero-order valence-corrected chi connectivity index (χ0v) is 8.89. The van der Waals surface area contributed by atoms with Crippen LogP contribution in [0.5, 0.6) is 0 Å². The van der Waals surface area contributed by atoms with Crippen LogP contribution in [0.15, 0.2) is 12.2 Å². The van der Waals surface area contributed by atoms with Crippen molar-refractivity contribution in [1.29, 1.82) is 0 Å². The number of fused-ring (bicyclic) bond motifs is 2. The summed E-state index contributed by atoms with van der Waals surface area (Å²) in [5.74, 6) is 2.12. The second-order valence-electron chi connectivity index (χ2n) is 5.21. The van der Waals surface area contributed by atoms with E-state index in [1.165, 1.54) is 50.4 Å². The van der Waals surface area contributed by atoms with E-state index in [4.69, 9.17) is 0 Å². The first kappa shape index (κ1) is 9.36. The van der Waals surface area contributed by atoms with Gasteiger partial charge in [-0.1, -0.05) is 62.1 Å². The Kier molecular flexibility index (Phi) is 2.81. The maximum absolute atomic E-state index is 4.08. The third kappa shape index (κ3) is 2.00. The quantitative estimate of drug-likeness (QED) is 0.437. The molecule has 2 rings (SSSR count). The highest BCUT2D eigenvalue weighted by molar-refractivity contribution is 6.63. The van der Waals surface area contributed by atoms with Gasteiger partial charge >= 0.3 is 0 Å². The van der Waals surface area contributed by atoms with Crippen molar-refractivity contribution in [3.05, 3.63) is 12.2 Å². The van der Waals surface area contributed by atoms with E-state index in [-0.39, 0.29) is 0 Å². The van der Waals surface area contributed by atoms with Crippen molar-refractivity contribution < 1.29 is 0 Å². The molecule has 0 nitrogen and oxygen atoms in total. The molecule has 0 unspecified atom stereocenters. The summed E-state index contributed by atoms with van der Waals surface area (Å²) in [6.45, 7) is 7.29. The second-order valence-corrected chi connectivity index (χ2v) is 5.21. The summed E-state index contributed by atoms with van der Waals surface area (Å²) in [4.78, 5) is 0. The molecule has 0 aromatic heterocycles. The van der Waals surface area contributed by atoms with Crippen molar-refractivity contribution in [2.24, 2.45) is 0 Å². The van der Waals surface area contributed by atoms with Gasteiger partial charge < -0.3 is 0 Å². The predicted molar refractivity (Wildman–Crippen MR) is 60.6 cm³/mol. The lowest BCUT2D eigenvalue weighted by molar-refractivity contribution is 0.443. The van der Waals surface area contributed by atoms with Gasteiger partial charge in [-0.15, -0.1) is 6.58 Å². The molecule has 72 valence electrons. The second kappa shape index (κ2) is 3.90. The minimum Gasteiger partial charge on any atom is -0.101 e. The van der Waals surface area contributed by atoms with Gasteiger partial charge in [-0.05, 0) is 6.92 Å². The highest BCUT2D eigenvalue weighted by atomic mass is 14.2. The summed E-state index contributed by atoms with van der Waals surface area (Å²) in [6, 6.07) is 0. The lowest BCUT2D eigenvalue weighted by atomic mass is 9.25. The van der Waals surface area contributed by atoms with Gasteiger partial charge in [-0.3, -0.25) is 0 Å². The van der Waals surface area contributed by atoms with Crippen molar-refractivity contribution in [1.82, 2.24) is 0 Å². The van der Waals surface area contributed by atoms with E-state index < -0.39 is 0 Å². The highest BCUT2D eigenvalue weighted by Gasteiger charge is 2.38. The largest absolute Gasteiger partial charge is 0.150 e. The maximum Gasteiger partial charge on any atom is 0.150 e. The van der Waals surface area contributed by atoms with E-state index in [0.717, 1.165) is 18.3 Å². The normalized spacial score (nSPS) is 33.2. The Bertz CT molecular complexity index is 175. The van der Waals surface area contributed by atoms with E-state index in [1.807, 2.05) is 0 Å². The van der Waals surface area contributed by atoms with Gasteiger partial charge in [0.25, 0.3) is 0 Å². The minimum atomic E-state index is 1.01. The number of allylic oxidation sites excluding steroid dienone is 1. The molecular formula is C12H21B. The first-order valence-electron chi connectivity index (χ1n) is 5.92. The number of hydrogen-bond donors (Lipinski definition) is 0. The lowest BCUT2D eigenvalue weighted by Crippen LogP contribution is -2.34. The number of rotatable bonds is 2. The van der Waals surface area contributed by atoms with Crippen LogP contribution in [0.25, 0.3) is 0 Å². The Morgan fingerprint density at radius 2 is 1.62 bits per heavy atom. The molecule has 0 atom stereocenters. The maximum atomic E-state index is 4.08. The van der Waals surface area contributed by atoms with Crippen LogP contribution in [0.1, 0.15) is 45.4 Å². The molecule has 2 bridgehead atoms. The molecule has 0 aromatic carbocycles. The van der Waals surface area contributed by atoms with Crippen LogP contribution < -0.4 is 0 Å². The Morgan fingerprint density at radius 1 is 1.15 bits per heavy atom. The molecule has 2 saturated heterocycles. The van der Waals surface area contributed by atoms with Gasteiger partial charge in [0.05, 0.1) is 0 Å². The average molecular weight is 176 g/mol. The molecule has 2 aliphatic heterocycles. The summed E-state index contributed by atoms with van der Waals surface area (Å²) in [6.07, 6.45) is 10.4. The van der Waals surface area contributed by atoms with Crippen molar-refractivity contribution in [2.75, 3.05) is 0 Å². The molecule has 0 aliphatic carbocycles. The minimum absolute atomic E-state index is 1.01. The molecule has 0 N–H and O–H groups in total. The highest BCUT2D eigenvalue weighted by Crippen LogP contribution is 2.48. The van der Waals surface area contributed by atoms with E-state index in [2.05, 4.69) is 13.5 Å². The molecule has 0 aromatic rings. The zero-order valence-electron chi connectivity index (χ0n) is 8.89. The first-order valence-corrected chi connectivity index (χ1v) is 5.92. The molecule has 0 saturated carbocycles. The Hall–Kier alpha value is -0.195. The summed E-state index contributed by atoms with van der Waals surface area (Å²) in [5, 5.41) is 0. The van der Waals surface area contributed by atoms with Crippen molar-refractivity contribution in [2.45, 2.75) is 63.4 Å². The fourth-order valence-electron chi connectivity index (χ4n) is 3.55. The molecule has 0 amide bonds. The van der Waals surface area contributed by atoms with Gasteiger partial charge in [0.15, 0.2) is 6.71 Å². The fourth-order valence-corrected chi connectivity index (χ4v) is 3.55. The summed E-state index contributed by atoms with van der Waals surface area (Å²) < 4.78 is 0. The fraction of sp³-hybridized carbons (Fsp3) is 0.833. The van der Waals surface area contributed by atoms with Crippen LogP contribution in [0.4, 0.5) is 0 Å². The molecule has 13 heavy (non-hydrogen) atoms. The predicted octanol–water partition coefficient (Wildman–Crippen LogP) is 4.17. The van der Waals surface area contributed by atoms with Gasteiger partial charge in [-0.2, -0.15) is 0 Å². The van der Waals surface area contributed by atoms with Gasteiger partial charge in [0.1, 0.15) is 0 Å². The van der Waals surface area contributed by atoms with E-state index in [0.29, 0.717) is 0 Å². The Balaban J connectivity index is 2.02. The van der Waals surface area contributed by atoms with Crippen LogP contribution in [0, 0.1) is 0 Å². The van der Waals surface area contributed by atoms with Crippen LogP contribution in [0.2, 0.25) is 18.0 Å². The van der Waals surface area contributed by atoms with Crippen LogP contribution in [-0.2, 0) is 0 Å². The van der Waals surface area contributed by atoms with E-state index >= 15 is 0 Å². The van der Waals surface area contributed by atoms with Gasteiger partial charge in [0, 0.05) is 0 Å².